The van der Waals surface area contributed by atoms with Crippen LogP contribution in [-0.4, -0.2) is 74.6 Å². The summed E-state index contributed by atoms with van der Waals surface area (Å²) < 4.78 is 34.2. The molecule has 0 spiro atoms. The number of ketones is 1. The summed E-state index contributed by atoms with van der Waals surface area (Å²) >= 11 is 0. The van der Waals surface area contributed by atoms with Crippen LogP contribution in [0.4, 0.5) is 0 Å². The van der Waals surface area contributed by atoms with Crippen molar-refractivity contribution in [3.05, 3.63) is 110 Å². The van der Waals surface area contributed by atoms with Crippen LogP contribution >= 0.6 is 0 Å². The van der Waals surface area contributed by atoms with E-state index in [0.29, 0.717) is 109 Å². The molecule has 2 atom stereocenters. The van der Waals surface area contributed by atoms with E-state index in [2.05, 4.69) is 5.10 Å². The van der Waals surface area contributed by atoms with E-state index in [4.69, 9.17) is 45.7 Å². The van der Waals surface area contributed by atoms with Crippen LogP contribution in [0.5, 0.6) is 57.5 Å². The Balaban J connectivity index is 0.000000167. The van der Waals surface area contributed by atoms with Gasteiger partial charge >= 0.3 is 0 Å². The monoisotopic (exact) mass is 1070 g/mol. The van der Waals surface area contributed by atoms with Crippen molar-refractivity contribution in [1.82, 2.24) is 0 Å². The average Bonchev–Trinajstić information content (AvgIpc) is 3.28. The molecule has 19 nitrogen and oxygen atoms in total. The predicted octanol–water partition coefficient (Wildman–Crippen LogP) is 7.51. The van der Waals surface area contributed by atoms with Gasteiger partial charge in [0.2, 0.25) is 0 Å². The number of Topliss-reactive ketones (excluding diaryl/α,β-unsaturated/α-hetero) is 1. The second kappa shape index (κ2) is 18.1. The van der Waals surface area contributed by atoms with Crippen molar-refractivity contribution in [2.24, 2.45) is 22.4 Å². The number of hydrogen-bond acceptors (Lipinski definition) is 19. The zero-order valence-corrected chi connectivity index (χ0v) is 44.5. The number of carbonyl (C=O) groups is 1. The van der Waals surface area contributed by atoms with Crippen LogP contribution in [0.15, 0.2) is 59.7 Å². The van der Waals surface area contributed by atoms with Gasteiger partial charge in [0.1, 0.15) is 40.3 Å². The quantitative estimate of drug-likeness (QED) is 0.0229. The Hall–Kier alpha value is -9.46. The first-order chi connectivity index (χ1) is 37.8. The molecule has 10 aromatic carbocycles. The summed E-state index contributed by atoms with van der Waals surface area (Å²) in [4.78, 5) is 67.3. The van der Waals surface area contributed by atoms with Gasteiger partial charge in [0.05, 0.1) is 70.1 Å². The topological polar surface area (TPSA) is 312 Å². The number of hydrogen-bond donors (Lipinski definition) is 7. The molecule has 0 heterocycles. The third-order valence-electron chi connectivity index (χ3n) is 16.1. The molecule has 0 saturated heterocycles. The largest absolute Gasteiger partial charge is 0.507 e. The lowest BCUT2D eigenvalue weighted by atomic mass is 9.80. The Morgan fingerprint density at radius 2 is 0.759 bits per heavy atom. The Labute approximate surface area is 446 Å². The number of rotatable bonds is 10. The van der Waals surface area contributed by atoms with Crippen LogP contribution < -0.4 is 67.4 Å². The summed E-state index contributed by atoms with van der Waals surface area (Å²) in [5.74, 6) is 3.75. The molecule has 0 saturated carbocycles. The van der Waals surface area contributed by atoms with Gasteiger partial charge in [0, 0.05) is 114 Å². The number of ether oxygens (including phenoxy) is 6. The fourth-order valence-corrected chi connectivity index (χ4v) is 13.2. The van der Waals surface area contributed by atoms with Crippen molar-refractivity contribution < 1.29 is 53.6 Å². The minimum Gasteiger partial charge on any atom is -0.507 e. The van der Waals surface area contributed by atoms with Crippen LogP contribution in [0.3, 0.4) is 0 Å². The molecule has 0 aliphatic heterocycles. The molecule has 0 aromatic heterocycles. The highest BCUT2D eigenvalue weighted by Gasteiger charge is 2.39. The lowest BCUT2D eigenvalue weighted by Gasteiger charge is -2.26. The van der Waals surface area contributed by atoms with E-state index in [0.717, 1.165) is 5.57 Å². The number of methoxy groups -OCH3 is 6. The molecule has 0 bridgehead atoms. The minimum atomic E-state index is -0.867. The number of phenols is 4. The van der Waals surface area contributed by atoms with Crippen LogP contribution in [-0.2, 0) is 17.9 Å². The maximum absolute atomic E-state index is 13.6. The number of phenolic OH excluding ortho intramolecular Hbond substituents is 4. The van der Waals surface area contributed by atoms with Gasteiger partial charge in [0.15, 0.2) is 44.7 Å². The summed E-state index contributed by atoms with van der Waals surface area (Å²) in [6.45, 7) is 6.64. The van der Waals surface area contributed by atoms with Crippen molar-refractivity contribution >= 4 is 110 Å². The second-order valence-electron chi connectivity index (χ2n) is 19.8. The van der Waals surface area contributed by atoms with Gasteiger partial charge < -0.3 is 66.2 Å². The van der Waals surface area contributed by atoms with Crippen molar-refractivity contribution in [2.45, 2.75) is 52.6 Å². The number of carbonyl (C=O) groups excluding carboxylic acids is 1. The summed E-state index contributed by atoms with van der Waals surface area (Å²) in [6.07, 6.45) is 3.64. The average molecular weight is 1070 g/mol. The summed E-state index contributed by atoms with van der Waals surface area (Å²) in [5.41, 5.74) is 14.9. The van der Waals surface area contributed by atoms with Gasteiger partial charge in [-0.05, 0) is 60.4 Å². The summed E-state index contributed by atoms with van der Waals surface area (Å²) in [7, 11) is 8.45. The predicted molar refractivity (Wildman–Crippen MR) is 305 cm³/mol. The molecular formula is C60H52N4O15. The molecule has 79 heavy (non-hydrogen) atoms. The lowest BCUT2D eigenvalue weighted by molar-refractivity contribution is -0.117. The van der Waals surface area contributed by atoms with Gasteiger partial charge in [0.25, 0.3) is 0 Å². The number of aromatic hydroxyl groups is 4. The van der Waals surface area contributed by atoms with Crippen LogP contribution in [0, 0.1) is 0 Å². The number of nitrogens with zero attached hydrogens (tertiary/aromatic N) is 1. The maximum Gasteiger partial charge on any atom is 0.194 e. The Bertz CT molecular complexity index is 4760. The van der Waals surface area contributed by atoms with E-state index in [1.807, 2.05) is 13.0 Å². The molecule has 2 unspecified atom stereocenters. The number of nitrogens with two attached hydrogens (primary N) is 3. The highest BCUT2D eigenvalue weighted by atomic mass is 16.5. The van der Waals surface area contributed by atoms with Gasteiger partial charge in [-0.3, -0.25) is 24.0 Å². The third-order valence-corrected chi connectivity index (χ3v) is 16.1. The summed E-state index contributed by atoms with van der Waals surface area (Å²) in [6, 6.07) is 5.10. The highest BCUT2D eigenvalue weighted by Crippen LogP contribution is 2.60. The number of benzene rings is 10. The van der Waals surface area contributed by atoms with Gasteiger partial charge in [-0.25, -0.2) is 0 Å². The molecule has 0 amide bonds. The van der Waals surface area contributed by atoms with Crippen molar-refractivity contribution in [3.8, 4) is 57.5 Å². The van der Waals surface area contributed by atoms with E-state index in [1.54, 1.807) is 19.9 Å². The van der Waals surface area contributed by atoms with E-state index in [1.165, 1.54) is 73.8 Å². The van der Waals surface area contributed by atoms with Crippen molar-refractivity contribution in [2.75, 3.05) is 42.7 Å². The molecule has 402 valence electrons. The zero-order chi connectivity index (χ0) is 56.9. The fourth-order valence-electron chi connectivity index (χ4n) is 13.2. The van der Waals surface area contributed by atoms with Crippen LogP contribution in [0.25, 0.3) is 98.3 Å². The second-order valence-corrected chi connectivity index (χ2v) is 19.8. The van der Waals surface area contributed by atoms with Crippen molar-refractivity contribution in [1.29, 1.82) is 0 Å². The Kier molecular flexibility index (Phi) is 11.8. The molecule has 10 aromatic rings. The zero-order valence-electron chi connectivity index (χ0n) is 44.5. The smallest absolute Gasteiger partial charge is 0.194 e. The fraction of sp³-hybridized carbons (Fsp3) is 0.233. The standard InChI is InChI=1S/C30H27N3O7.C30H25NO8/c1-10-6-12-13(9-31)28(36)20-14(34)7-16(38-3)22-23-17(39-4)8-15(35)21-26(23)25(19(12)24(20)22)27(18(10)11(2)33-32)30(40-5)29(21)37;1-10-6-12-13(9-31)28(35)20-14(33)7-16(37-3)22-23-17(38-4)8-15(34)21-26(23)25(19(12)24(20)22)27(18(10)11(2)32)30(39-5)29(21)36/h6-8,18,36-37H,9,31-32H2,1-5H3;6-8,18,35-36H,9,31H2,1-5H3/b33-11+;. The molecule has 19 heteroatoms. The van der Waals surface area contributed by atoms with E-state index < -0.39 is 39.3 Å². The molecule has 0 fully saturated rings. The normalized spacial score (nSPS) is 15.2. The molecule has 12 rings (SSSR count). The first-order valence-corrected chi connectivity index (χ1v) is 24.8. The number of hydrazone groups is 1. The Morgan fingerprint density at radius 1 is 0.456 bits per heavy atom. The van der Waals surface area contributed by atoms with E-state index >= 15 is 0 Å². The molecular weight excluding hydrogens is 1020 g/mol. The van der Waals surface area contributed by atoms with Crippen LogP contribution in [0.1, 0.15) is 72.9 Å². The highest BCUT2D eigenvalue weighted by molar-refractivity contribution is 6.41. The third kappa shape index (κ3) is 6.47. The van der Waals surface area contributed by atoms with Gasteiger partial charge in [-0.15, -0.1) is 0 Å². The minimum absolute atomic E-state index is 0.0178. The molecule has 2 aliphatic rings. The SMILES string of the molecule is COc1c(O)c2c(=O)cc(OC)c3c4c(OC)cc(=O)c5c(O)c(CN)c6c(c(c1C(/C(C)=N/N)C(C)=C6)c23)c54.COc1c(O)c2c(=O)cc(OC)c3c4c(OC)cc(=O)c5c(O)c(CN)c6c(c(c1C(C(C)=O)C(C)=C6)c23)c54. The number of allylic oxidation sites excluding steroid dienone is 2. The first kappa shape index (κ1) is 51.6. The molecule has 2 aliphatic carbocycles. The maximum atomic E-state index is 13.6. The Morgan fingerprint density at radius 3 is 1.05 bits per heavy atom. The number of fused-ring (bicyclic) bond motifs is 2. The summed E-state index contributed by atoms with van der Waals surface area (Å²) in [5, 5.41) is 55.4. The van der Waals surface area contributed by atoms with Gasteiger partial charge in [-0.2, -0.15) is 5.10 Å². The first-order valence-electron chi connectivity index (χ1n) is 24.8. The van der Waals surface area contributed by atoms with E-state index in [9.17, 15) is 44.4 Å². The molecule has 10 N–H and O–H groups in total. The molecule has 0 radical (unpaired) electrons. The lowest BCUT2D eigenvalue weighted by Crippen LogP contribution is -2.15. The van der Waals surface area contributed by atoms with Crippen molar-refractivity contribution in [3.63, 3.8) is 0 Å². The van der Waals surface area contributed by atoms with Gasteiger partial charge in [-0.1, -0.05) is 23.3 Å². The van der Waals surface area contributed by atoms with E-state index in [-0.39, 0.29) is 92.2 Å². The van der Waals surface area contributed by atoms with Crippen LogP contribution in [0.2, 0.25) is 0 Å².